The van der Waals surface area contributed by atoms with Crippen molar-refractivity contribution in [2.45, 2.75) is 0 Å². The van der Waals surface area contributed by atoms with Crippen molar-refractivity contribution >= 4 is 29.6 Å². The van der Waals surface area contributed by atoms with Gasteiger partial charge in [0.25, 0.3) is 0 Å². The SMILES string of the molecule is OB(O)c1cccc(-c2cccc(N(c3ccc(-c4ccccc4)cc3)c3ccc(-c4ccccc4)cc3)c2)c1. The first-order chi connectivity index (χ1) is 19.7. The van der Waals surface area contributed by atoms with E-state index < -0.39 is 7.12 Å². The molecular formula is C36H28BNO2. The third kappa shape index (κ3) is 5.45. The highest BCUT2D eigenvalue weighted by Crippen LogP contribution is 2.38. The number of hydrogen-bond donors (Lipinski definition) is 2. The van der Waals surface area contributed by atoms with Crippen LogP contribution in [0.25, 0.3) is 33.4 Å². The summed E-state index contributed by atoms with van der Waals surface area (Å²) in [5, 5.41) is 19.4. The van der Waals surface area contributed by atoms with E-state index in [0.29, 0.717) is 5.46 Å². The topological polar surface area (TPSA) is 43.7 Å². The summed E-state index contributed by atoms with van der Waals surface area (Å²) >= 11 is 0. The molecule has 192 valence electrons. The lowest BCUT2D eigenvalue weighted by atomic mass is 9.79. The lowest BCUT2D eigenvalue weighted by Crippen LogP contribution is -2.29. The molecule has 6 aromatic carbocycles. The van der Waals surface area contributed by atoms with Gasteiger partial charge in [-0.15, -0.1) is 0 Å². The van der Waals surface area contributed by atoms with Crippen LogP contribution in [-0.4, -0.2) is 17.2 Å². The van der Waals surface area contributed by atoms with Crippen molar-refractivity contribution in [1.82, 2.24) is 0 Å². The predicted molar refractivity (Wildman–Crippen MR) is 167 cm³/mol. The molecule has 3 nitrogen and oxygen atoms in total. The molecule has 0 aromatic heterocycles. The van der Waals surface area contributed by atoms with Crippen molar-refractivity contribution < 1.29 is 10.0 Å². The maximum atomic E-state index is 9.69. The minimum absolute atomic E-state index is 0.466. The molecule has 6 aromatic rings. The molecule has 0 saturated carbocycles. The fourth-order valence-electron chi connectivity index (χ4n) is 5.02. The number of rotatable bonds is 7. The average Bonchev–Trinajstić information content (AvgIpc) is 3.03. The quantitative estimate of drug-likeness (QED) is 0.212. The number of nitrogens with zero attached hydrogens (tertiary/aromatic N) is 1. The molecule has 40 heavy (non-hydrogen) atoms. The van der Waals surface area contributed by atoms with Crippen molar-refractivity contribution in [3.63, 3.8) is 0 Å². The van der Waals surface area contributed by atoms with E-state index in [2.05, 4.69) is 114 Å². The van der Waals surface area contributed by atoms with Gasteiger partial charge in [0, 0.05) is 17.1 Å². The standard InChI is InChI=1S/C36H28BNO2/c39-37(40)33-15-7-13-31(25-33)32-14-8-16-36(26-32)38(34-21-17-29(18-22-34)27-9-3-1-4-10-27)35-23-19-30(20-24-35)28-11-5-2-6-12-28/h1-26,39-40H. The average molecular weight is 517 g/mol. The molecule has 0 aliphatic rings. The van der Waals surface area contributed by atoms with Gasteiger partial charge in [-0.2, -0.15) is 0 Å². The fourth-order valence-corrected chi connectivity index (χ4v) is 5.02. The second-order valence-corrected chi connectivity index (χ2v) is 9.71. The van der Waals surface area contributed by atoms with Crippen molar-refractivity contribution in [3.8, 4) is 33.4 Å². The van der Waals surface area contributed by atoms with E-state index in [1.54, 1.807) is 6.07 Å². The highest BCUT2D eigenvalue weighted by Gasteiger charge is 2.15. The summed E-state index contributed by atoms with van der Waals surface area (Å²) in [6, 6.07) is 53.7. The molecule has 4 heteroatoms. The van der Waals surface area contributed by atoms with Gasteiger partial charge < -0.3 is 14.9 Å². The van der Waals surface area contributed by atoms with Crippen LogP contribution < -0.4 is 10.4 Å². The molecule has 0 radical (unpaired) electrons. The summed E-state index contributed by atoms with van der Waals surface area (Å²) in [5.41, 5.74) is 10.2. The molecule has 0 atom stereocenters. The lowest BCUT2D eigenvalue weighted by Gasteiger charge is -2.26. The summed E-state index contributed by atoms with van der Waals surface area (Å²) in [6.07, 6.45) is 0. The van der Waals surface area contributed by atoms with Gasteiger partial charge in [-0.1, -0.05) is 121 Å². The van der Waals surface area contributed by atoms with Crippen LogP contribution in [-0.2, 0) is 0 Å². The Morgan fingerprint density at radius 2 is 0.775 bits per heavy atom. The van der Waals surface area contributed by atoms with Crippen molar-refractivity contribution in [1.29, 1.82) is 0 Å². The van der Waals surface area contributed by atoms with Gasteiger partial charge in [-0.3, -0.25) is 0 Å². The van der Waals surface area contributed by atoms with Gasteiger partial charge in [0.05, 0.1) is 0 Å². The van der Waals surface area contributed by atoms with Gasteiger partial charge in [0.2, 0.25) is 0 Å². The maximum absolute atomic E-state index is 9.69. The van der Waals surface area contributed by atoms with Gasteiger partial charge >= 0.3 is 7.12 Å². The maximum Gasteiger partial charge on any atom is 0.488 e. The van der Waals surface area contributed by atoms with E-state index in [4.69, 9.17) is 0 Å². The second-order valence-electron chi connectivity index (χ2n) is 9.71. The Bertz CT molecular complexity index is 1620. The summed E-state index contributed by atoms with van der Waals surface area (Å²) in [4.78, 5) is 2.25. The molecule has 0 fully saturated rings. The fraction of sp³-hybridized carbons (Fsp3) is 0. The summed E-state index contributed by atoms with van der Waals surface area (Å²) in [6.45, 7) is 0. The molecule has 0 spiro atoms. The molecular weight excluding hydrogens is 489 g/mol. The van der Waals surface area contributed by atoms with Crippen LogP contribution in [0.1, 0.15) is 0 Å². The minimum Gasteiger partial charge on any atom is -0.423 e. The second kappa shape index (κ2) is 11.5. The molecule has 0 unspecified atom stereocenters. The molecule has 0 bridgehead atoms. The Morgan fingerprint density at radius 3 is 1.27 bits per heavy atom. The van der Waals surface area contributed by atoms with Gasteiger partial charge in [-0.05, 0) is 75.2 Å². The van der Waals surface area contributed by atoms with E-state index in [-0.39, 0.29) is 0 Å². The Morgan fingerprint density at radius 1 is 0.350 bits per heavy atom. The molecule has 0 amide bonds. The van der Waals surface area contributed by atoms with Gasteiger partial charge in [-0.25, -0.2) is 0 Å². The van der Waals surface area contributed by atoms with Crippen LogP contribution in [0.3, 0.4) is 0 Å². The Labute approximate surface area is 235 Å². The zero-order valence-corrected chi connectivity index (χ0v) is 21.9. The number of benzene rings is 6. The molecule has 0 aliphatic carbocycles. The molecule has 6 rings (SSSR count). The third-order valence-corrected chi connectivity index (χ3v) is 7.09. The monoisotopic (exact) mass is 517 g/mol. The van der Waals surface area contributed by atoms with E-state index >= 15 is 0 Å². The Balaban J connectivity index is 1.42. The number of hydrogen-bond acceptors (Lipinski definition) is 3. The highest BCUT2D eigenvalue weighted by atomic mass is 16.4. The summed E-state index contributed by atoms with van der Waals surface area (Å²) < 4.78 is 0. The lowest BCUT2D eigenvalue weighted by molar-refractivity contribution is 0.426. The van der Waals surface area contributed by atoms with E-state index in [9.17, 15) is 10.0 Å². The molecule has 0 aliphatic heterocycles. The Kier molecular flexibility index (Phi) is 7.27. The van der Waals surface area contributed by atoms with Crippen molar-refractivity contribution in [2.24, 2.45) is 0 Å². The van der Waals surface area contributed by atoms with Crippen molar-refractivity contribution in [3.05, 3.63) is 158 Å². The zero-order valence-electron chi connectivity index (χ0n) is 21.9. The summed E-state index contributed by atoms with van der Waals surface area (Å²) in [5.74, 6) is 0. The van der Waals surface area contributed by atoms with Crippen LogP contribution in [0.15, 0.2) is 158 Å². The van der Waals surface area contributed by atoms with E-state index in [1.807, 2.05) is 42.5 Å². The normalized spacial score (nSPS) is 10.8. The predicted octanol–water partition coefficient (Wildman–Crippen LogP) is 7.84. The van der Waals surface area contributed by atoms with Crippen LogP contribution >= 0.6 is 0 Å². The minimum atomic E-state index is -1.51. The van der Waals surface area contributed by atoms with E-state index in [1.165, 1.54) is 11.1 Å². The summed E-state index contributed by atoms with van der Waals surface area (Å²) in [7, 11) is -1.51. The van der Waals surface area contributed by atoms with Crippen molar-refractivity contribution in [2.75, 3.05) is 4.90 Å². The first-order valence-corrected chi connectivity index (χ1v) is 13.3. The van der Waals surface area contributed by atoms with Gasteiger partial charge in [0.15, 0.2) is 0 Å². The van der Waals surface area contributed by atoms with Gasteiger partial charge in [0.1, 0.15) is 0 Å². The van der Waals surface area contributed by atoms with Crippen LogP contribution in [0.4, 0.5) is 17.1 Å². The number of anilines is 3. The highest BCUT2D eigenvalue weighted by molar-refractivity contribution is 6.58. The van der Waals surface area contributed by atoms with E-state index in [0.717, 1.165) is 39.3 Å². The van der Waals surface area contributed by atoms with Crippen LogP contribution in [0.2, 0.25) is 0 Å². The first-order valence-electron chi connectivity index (χ1n) is 13.3. The smallest absolute Gasteiger partial charge is 0.423 e. The largest absolute Gasteiger partial charge is 0.488 e. The molecule has 0 saturated heterocycles. The molecule has 0 heterocycles. The zero-order chi connectivity index (χ0) is 27.3. The van der Waals surface area contributed by atoms with Crippen LogP contribution in [0, 0.1) is 0 Å². The first kappa shape index (κ1) is 25.4. The van der Waals surface area contributed by atoms with Crippen LogP contribution in [0.5, 0.6) is 0 Å². The third-order valence-electron chi connectivity index (χ3n) is 7.09. The Hall–Kier alpha value is -4.90. The molecule has 2 N–H and O–H groups in total.